The Bertz CT molecular complexity index is 589. The molecule has 1 N–H and O–H groups in total. The van der Waals surface area contributed by atoms with Gasteiger partial charge in [0.25, 0.3) is 0 Å². The van der Waals surface area contributed by atoms with Crippen molar-refractivity contribution in [1.29, 1.82) is 0 Å². The Morgan fingerprint density at radius 3 is 2.64 bits per heavy atom. The van der Waals surface area contributed by atoms with Crippen LogP contribution < -0.4 is 5.32 Å². The first-order valence-electron chi connectivity index (χ1n) is 8.87. The number of thioether (sulfide) groups is 1. The zero-order valence-electron chi connectivity index (χ0n) is 15.6. The van der Waals surface area contributed by atoms with E-state index in [-0.39, 0.29) is 24.0 Å². The molecule has 6 heteroatoms. The minimum atomic E-state index is -0.0938. The van der Waals surface area contributed by atoms with Gasteiger partial charge in [-0.3, -0.25) is 4.79 Å². The van der Waals surface area contributed by atoms with Gasteiger partial charge in [-0.2, -0.15) is 0 Å². The van der Waals surface area contributed by atoms with Crippen LogP contribution >= 0.6 is 11.8 Å². The van der Waals surface area contributed by atoms with E-state index in [0.717, 1.165) is 12.2 Å². The molecule has 1 aromatic rings. The van der Waals surface area contributed by atoms with E-state index in [1.165, 1.54) is 10.5 Å². The van der Waals surface area contributed by atoms with Crippen molar-refractivity contribution in [3.8, 4) is 0 Å². The fourth-order valence-corrected chi connectivity index (χ4v) is 3.68. The molecule has 1 saturated heterocycles. The average molecular weight is 364 g/mol. The lowest BCUT2D eigenvalue weighted by atomic mass is 10.2. The Balaban J connectivity index is 1.66. The molecule has 1 fully saturated rings. The van der Waals surface area contributed by atoms with Crippen LogP contribution in [0.1, 0.15) is 32.3 Å². The summed E-state index contributed by atoms with van der Waals surface area (Å²) in [6.07, 6.45) is 1.34. The minimum Gasteiger partial charge on any atom is -0.338 e. The Hall–Kier alpha value is -1.69. The molecule has 1 aromatic carbocycles. The van der Waals surface area contributed by atoms with E-state index in [9.17, 15) is 9.59 Å². The Labute approximate surface area is 155 Å². The van der Waals surface area contributed by atoms with Gasteiger partial charge in [0.15, 0.2) is 0 Å². The largest absolute Gasteiger partial charge is 0.338 e. The minimum absolute atomic E-state index is 0.0771. The van der Waals surface area contributed by atoms with Crippen molar-refractivity contribution >= 4 is 23.7 Å². The van der Waals surface area contributed by atoms with Gasteiger partial charge in [-0.25, -0.2) is 4.79 Å². The first kappa shape index (κ1) is 19.6. The summed E-state index contributed by atoms with van der Waals surface area (Å²) in [5.74, 6) is 1.10. The number of hydrogen-bond donors (Lipinski definition) is 1. The molecule has 0 aliphatic carbocycles. The van der Waals surface area contributed by atoms with E-state index in [0.29, 0.717) is 19.5 Å². The van der Waals surface area contributed by atoms with Crippen LogP contribution in [0.5, 0.6) is 0 Å². The van der Waals surface area contributed by atoms with Gasteiger partial charge < -0.3 is 15.1 Å². The maximum Gasteiger partial charge on any atom is 0.317 e. The molecule has 1 aliphatic rings. The summed E-state index contributed by atoms with van der Waals surface area (Å²) in [7, 11) is 1.81. The Kier molecular flexibility index (Phi) is 7.17. The summed E-state index contributed by atoms with van der Waals surface area (Å²) in [4.78, 5) is 29.0. The van der Waals surface area contributed by atoms with Gasteiger partial charge in [-0.15, -0.1) is 11.8 Å². The molecule has 1 aliphatic heterocycles. The predicted octanol–water partition coefficient (Wildman–Crippen LogP) is 3.13. The summed E-state index contributed by atoms with van der Waals surface area (Å²) in [5, 5.41) is 2.98. The van der Waals surface area contributed by atoms with Crippen LogP contribution in [-0.2, 0) is 4.79 Å². The van der Waals surface area contributed by atoms with E-state index in [4.69, 9.17) is 0 Å². The van der Waals surface area contributed by atoms with Crippen LogP contribution in [0.4, 0.5) is 4.79 Å². The number of carbonyl (C=O) groups is 2. The van der Waals surface area contributed by atoms with Crippen molar-refractivity contribution in [3.05, 3.63) is 29.8 Å². The molecule has 2 rings (SSSR count). The standard InChI is InChI=1S/C19H29N3O2S/c1-14(2)22-13-16(12-18(22)23)20-19(24)21(4)10-5-11-25-17-8-6-15(3)7-9-17/h6-9,14,16H,5,10-13H2,1-4H3,(H,20,24). The molecule has 0 radical (unpaired) electrons. The molecular weight excluding hydrogens is 334 g/mol. The van der Waals surface area contributed by atoms with Crippen molar-refractivity contribution in [3.63, 3.8) is 0 Å². The monoisotopic (exact) mass is 363 g/mol. The molecule has 25 heavy (non-hydrogen) atoms. The Morgan fingerprint density at radius 1 is 1.36 bits per heavy atom. The SMILES string of the molecule is Cc1ccc(SCCCN(C)C(=O)NC2CC(=O)N(C(C)C)C2)cc1. The van der Waals surface area contributed by atoms with Gasteiger partial charge in [0.05, 0.1) is 6.04 Å². The molecule has 138 valence electrons. The summed E-state index contributed by atoms with van der Waals surface area (Å²) < 4.78 is 0. The number of nitrogens with one attached hydrogen (secondary N) is 1. The van der Waals surface area contributed by atoms with E-state index in [1.54, 1.807) is 4.90 Å². The topological polar surface area (TPSA) is 52.7 Å². The van der Waals surface area contributed by atoms with E-state index < -0.39 is 0 Å². The number of rotatable bonds is 7. The van der Waals surface area contributed by atoms with Gasteiger partial charge in [0.2, 0.25) is 5.91 Å². The third kappa shape index (κ3) is 5.96. The number of hydrogen-bond acceptors (Lipinski definition) is 3. The number of urea groups is 1. The molecule has 0 bridgehead atoms. The van der Waals surface area contributed by atoms with Gasteiger partial charge in [0.1, 0.15) is 0 Å². The third-order valence-electron chi connectivity index (χ3n) is 4.38. The van der Waals surface area contributed by atoms with E-state index in [1.807, 2.05) is 37.6 Å². The number of carbonyl (C=O) groups excluding carboxylic acids is 2. The van der Waals surface area contributed by atoms with Crippen molar-refractivity contribution in [1.82, 2.24) is 15.1 Å². The molecule has 1 atom stereocenters. The average Bonchev–Trinajstić information content (AvgIpc) is 2.93. The summed E-state index contributed by atoms with van der Waals surface area (Å²) in [6.45, 7) is 7.40. The highest BCUT2D eigenvalue weighted by atomic mass is 32.2. The van der Waals surface area contributed by atoms with E-state index in [2.05, 4.69) is 36.5 Å². The number of likely N-dealkylation sites (tertiary alicyclic amines) is 1. The lowest BCUT2D eigenvalue weighted by Gasteiger charge is -2.23. The quantitative estimate of drug-likeness (QED) is 0.598. The fourth-order valence-electron chi connectivity index (χ4n) is 2.84. The molecule has 0 aromatic heterocycles. The second-order valence-electron chi connectivity index (χ2n) is 6.93. The first-order valence-corrected chi connectivity index (χ1v) is 9.86. The van der Waals surface area contributed by atoms with Crippen molar-refractivity contribution < 1.29 is 9.59 Å². The Morgan fingerprint density at radius 2 is 2.04 bits per heavy atom. The van der Waals surface area contributed by atoms with Crippen molar-refractivity contribution in [2.75, 3.05) is 25.9 Å². The van der Waals surface area contributed by atoms with Crippen molar-refractivity contribution in [2.24, 2.45) is 0 Å². The third-order valence-corrected chi connectivity index (χ3v) is 5.48. The highest BCUT2D eigenvalue weighted by Crippen LogP contribution is 2.19. The number of nitrogens with zero attached hydrogens (tertiary/aromatic N) is 2. The molecule has 5 nitrogen and oxygen atoms in total. The lowest BCUT2D eigenvalue weighted by molar-refractivity contribution is -0.129. The maximum atomic E-state index is 12.3. The summed E-state index contributed by atoms with van der Waals surface area (Å²) >= 11 is 1.81. The first-order chi connectivity index (χ1) is 11.9. The second kappa shape index (κ2) is 9.13. The fraction of sp³-hybridized carbons (Fsp3) is 0.579. The van der Waals surface area contributed by atoms with Gasteiger partial charge in [-0.1, -0.05) is 17.7 Å². The van der Waals surface area contributed by atoms with Gasteiger partial charge >= 0.3 is 6.03 Å². The molecule has 1 heterocycles. The summed E-state index contributed by atoms with van der Waals surface area (Å²) in [6, 6.07) is 8.51. The number of amides is 3. The normalized spacial score (nSPS) is 17.2. The molecule has 0 saturated carbocycles. The maximum absolute atomic E-state index is 12.3. The summed E-state index contributed by atoms with van der Waals surface area (Å²) in [5.41, 5.74) is 1.27. The highest BCUT2D eigenvalue weighted by molar-refractivity contribution is 7.99. The van der Waals surface area contributed by atoms with Crippen LogP contribution in [0, 0.1) is 6.92 Å². The van der Waals surface area contributed by atoms with Gasteiger partial charge in [0, 0.05) is 37.5 Å². The van der Waals surface area contributed by atoms with E-state index >= 15 is 0 Å². The highest BCUT2D eigenvalue weighted by Gasteiger charge is 2.32. The molecule has 3 amide bonds. The van der Waals surface area contributed by atoms with Crippen LogP contribution in [0.2, 0.25) is 0 Å². The van der Waals surface area contributed by atoms with Crippen LogP contribution in [0.15, 0.2) is 29.2 Å². The lowest BCUT2D eigenvalue weighted by Crippen LogP contribution is -2.45. The van der Waals surface area contributed by atoms with Crippen LogP contribution in [0.3, 0.4) is 0 Å². The zero-order chi connectivity index (χ0) is 18.4. The zero-order valence-corrected chi connectivity index (χ0v) is 16.4. The van der Waals surface area contributed by atoms with Crippen LogP contribution in [-0.4, -0.2) is 59.7 Å². The van der Waals surface area contributed by atoms with Gasteiger partial charge in [-0.05, 0) is 45.1 Å². The smallest absolute Gasteiger partial charge is 0.317 e. The van der Waals surface area contributed by atoms with Crippen molar-refractivity contribution in [2.45, 2.75) is 50.6 Å². The number of benzene rings is 1. The predicted molar refractivity (Wildman–Crippen MR) is 103 cm³/mol. The number of aryl methyl sites for hydroxylation is 1. The second-order valence-corrected chi connectivity index (χ2v) is 8.10. The van der Waals surface area contributed by atoms with Crippen LogP contribution in [0.25, 0.3) is 0 Å². The molecule has 1 unspecified atom stereocenters. The molecule has 0 spiro atoms. The molecular formula is C19H29N3O2S.